The lowest BCUT2D eigenvalue weighted by atomic mass is 9.69. The maximum atomic E-state index is 10.1. The molecule has 0 aliphatic heterocycles. The van der Waals surface area contributed by atoms with Crippen molar-refractivity contribution in [1.82, 2.24) is 0 Å². The first-order chi connectivity index (χ1) is 7.33. The molecule has 2 aliphatic carbocycles. The van der Waals surface area contributed by atoms with Gasteiger partial charge in [-0.1, -0.05) is 33.8 Å². The molecule has 2 rings (SSSR count). The first-order valence-corrected chi connectivity index (χ1v) is 6.63. The summed E-state index contributed by atoms with van der Waals surface area (Å²) < 4.78 is 0. The van der Waals surface area contributed by atoms with Crippen LogP contribution >= 0.6 is 0 Å². The normalized spacial score (nSPS) is 43.6. The molecule has 92 valence electrons. The van der Waals surface area contributed by atoms with Gasteiger partial charge in [0.15, 0.2) is 0 Å². The van der Waals surface area contributed by atoms with Gasteiger partial charge in [0.05, 0.1) is 6.10 Å². The second-order valence-electron chi connectivity index (χ2n) is 6.87. The van der Waals surface area contributed by atoms with Crippen LogP contribution in [0.1, 0.15) is 47.0 Å². The molecule has 0 heterocycles. The van der Waals surface area contributed by atoms with Gasteiger partial charge in [0.2, 0.25) is 0 Å². The van der Waals surface area contributed by atoms with Crippen LogP contribution in [0.5, 0.6) is 0 Å². The quantitative estimate of drug-likeness (QED) is 0.720. The molecule has 0 aromatic heterocycles. The van der Waals surface area contributed by atoms with E-state index in [9.17, 15) is 5.11 Å². The highest BCUT2D eigenvalue weighted by molar-refractivity contribution is 5.15. The lowest BCUT2D eigenvalue weighted by Crippen LogP contribution is -2.32. The van der Waals surface area contributed by atoms with Crippen molar-refractivity contribution in [3.05, 3.63) is 12.7 Å². The third-order valence-corrected chi connectivity index (χ3v) is 5.98. The Morgan fingerprint density at radius 1 is 1.44 bits per heavy atom. The fraction of sp³-hybridized carbons (Fsp3) is 0.867. The maximum absolute atomic E-state index is 10.1. The van der Waals surface area contributed by atoms with E-state index >= 15 is 0 Å². The SMILES string of the molecule is C=CC(C)C(O)CC1CC2CC2(C)C1(C)C. The van der Waals surface area contributed by atoms with E-state index in [1.807, 2.05) is 6.08 Å². The van der Waals surface area contributed by atoms with Gasteiger partial charge >= 0.3 is 0 Å². The molecule has 0 amide bonds. The fourth-order valence-electron chi connectivity index (χ4n) is 3.74. The minimum Gasteiger partial charge on any atom is -0.393 e. The Hall–Kier alpha value is -0.300. The topological polar surface area (TPSA) is 20.2 Å². The molecule has 2 fully saturated rings. The van der Waals surface area contributed by atoms with Gasteiger partial charge in [-0.25, -0.2) is 0 Å². The predicted molar refractivity (Wildman–Crippen MR) is 68.1 cm³/mol. The summed E-state index contributed by atoms with van der Waals surface area (Å²) in [5, 5.41) is 10.1. The second kappa shape index (κ2) is 3.60. The summed E-state index contributed by atoms with van der Waals surface area (Å²) in [7, 11) is 0. The lowest BCUT2D eigenvalue weighted by Gasteiger charge is -2.37. The Morgan fingerprint density at radius 3 is 2.50 bits per heavy atom. The minimum atomic E-state index is -0.206. The van der Waals surface area contributed by atoms with Gasteiger partial charge in [-0.2, -0.15) is 0 Å². The van der Waals surface area contributed by atoms with Crippen molar-refractivity contribution in [2.45, 2.75) is 53.1 Å². The van der Waals surface area contributed by atoms with Crippen LogP contribution in [0.15, 0.2) is 12.7 Å². The lowest BCUT2D eigenvalue weighted by molar-refractivity contribution is 0.0586. The number of hydrogen-bond donors (Lipinski definition) is 1. The van der Waals surface area contributed by atoms with Gasteiger partial charge in [-0.15, -0.1) is 6.58 Å². The van der Waals surface area contributed by atoms with E-state index in [-0.39, 0.29) is 12.0 Å². The molecular weight excluding hydrogens is 196 g/mol. The largest absolute Gasteiger partial charge is 0.393 e. The van der Waals surface area contributed by atoms with Gasteiger partial charge in [0.25, 0.3) is 0 Å². The molecule has 1 N–H and O–H groups in total. The van der Waals surface area contributed by atoms with E-state index in [2.05, 4.69) is 34.3 Å². The van der Waals surface area contributed by atoms with Gasteiger partial charge in [-0.05, 0) is 47.8 Å². The fourth-order valence-corrected chi connectivity index (χ4v) is 3.74. The van der Waals surface area contributed by atoms with Crippen LogP contribution in [-0.4, -0.2) is 11.2 Å². The van der Waals surface area contributed by atoms with E-state index in [1.165, 1.54) is 12.8 Å². The van der Waals surface area contributed by atoms with Gasteiger partial charge in [0, 0.05) is 0 Å². The van der Waals surface area contributed by atoms with Crippen molar-refractivity contribution in [3.63, 3.8) is 0 Å². The minimum absolute atomic E-state index is 0.206. The summed E-state index contributed by atoms with van der Waals surface area (Å²) in [5.41, 5.74) is 0.967. The Balaban J connectivity index is 2.00. The summed E-state index contributed by atoms with van der Waals surface area (Å²) in [6, 6.07) is 0. The van der Waals surface area contributed by atoms with Crippen LogP contribution in [0.4, 0.5) is 0 Å². The highest BCUT2D eigenvalue weighted by Gasteiger charge is 2.66. The summed E-state index contributed by atoms with van der Waals surface area (Å²) in [6.45, 7) is 13.1. The van der Waals surface area contributed by atoms with Crippen LogP contribution in [0.3, 0.4) is 0 Å². The molecular formula is C15H26O. The monoisotopic (exact) mass is 222 g/mol. The summed E-state index contributed by atoms with van der Waals surface area (Å²) >= 11 is 0. The number of aliphatic hydroxyl groups excluding tert-OH is 1. The molecule has 0 radical (unpaired) electrons. The second-order valence-corrected chi connectivity index (χ2v) is 6.87. The Morgan fingerprint density at radius 2 is 2.06 bits per heavy atom. The smallest absolute Gasteiger partial charge is 0.0602 e. The third-order valence-electron chi connectivity index (χ3n) is 5.98. The van der Waals surface area contributed by atoms with Crippen LogP contribution in [0, 0.1) is 28.6 Å². The first-order valence-electron chi connectivity index (χ1n) is 6.63. The predicted octanol–water partition coefficient (Wildman–Crippen LogP) is 3.63. The first kappa shape index (κ1) is 12.2. The third kappa shape index (κ3) is 1.55. The molecule has 16 heavy (non-hydrogen) atoms. The average molecular weight is 222 g/mol. The zero-order valence-corrected chi connectivity index (χ0v) is 11.2. The Bertz CT molecular complexity index is 294. The Kier molecular flexibility index (Phi) is 2.73. The van der Waals surface area contributed by atoms with E-state index in [1.54, 1.807) is 0 Å². The Labute approximate surface area is 99.9 Å². The molecule has 5 unspecified atom stereocenters. The molecule has 2 aliphatic rings. The molecule has 0 saturated heterocycles. The maximum Gasteiger partial charge on any atom is 0.0602 e. The van der Waals surface area contributed by atoms with E-state index < -0.39 is 0 Å². The molecule has 0 aromatic rings. The van der Waals surface area contributed by atoms with Gasteiger partial charge in [0.1, 0.15) is 0 Å². The number of rotatable bonds is 4. The van der Waals surface area contributed by atoms with Gasteiger partial charge in [-0.3, -0.25) is 0 Å². The average Bonchev–Trinajstić information content (AvgIpc) is 2.84. The molecule has 0 spiro atoms. The summed E-state index contributed by atoms with van der Waals surface area (Å²) in [5.74, 6) is 1.84. The number of aliphatic hydroxyl groups is 1. The summed E-state index contributed by atoms with van der Waals surface area (Å²) in [6.07, 6.45) is 5.35. The highest BCUT2D eigenvalue weighted by Crippen LogP contribution is 2.74. The molecule has 0 bridgehead atoms. The van der Waals surface area contributed by atoms with Crippen molar-refractivity contribution in [2.75, 3.05) is 0 Å². The number of hydrogen-bond acceptors (Lipinski definition) is 1. The highest BCUT2D eigenvalue weighted by atomic mass is 16.3. The molecule has 1 nitrogen and oxygen atoms in total. The zero-order valence-electron chi connectivity index (χ0n) is 11.2. The standard InChI is InChI=1S/C15H26O/c1-6-10(2)13(16)8-11-7-12-9-15(12,5)14(11,3)4/h6,10-13,16H,1,7-9H2,2-5H3. The zero-order chi connectivity index (χ0) is 12.1. The van der Waals surface area contributed by atoms with Crippen molar-refractivity contribution in [2.24, 2.45) is 28.6 Å². The summed E-state index contributed by atoms with van der Waals surface area (Å²) in [4.78, 5) is 0. The van der Waals surface area contributed by atoms with E-state index in [0.29, 0.717) is 16.7 Å². The van der Waals surface area contributed by atoms with Crippen molar-refractivity contribution < 1.29 is 5.11 Å². The van der Waals surface area contributed by atoms with E-state index in [4.69, 9.17) is 0 Å². The van der Waals surface area contributed by atoms with Crippen molar-refractivity contribution in [1.29, 1.82) is 0 Å². The van der Waals surface area contributed by atoms with Crippen molar-refractivity contribution >= 4 is 0 Å². The van der Waals surface area contributed by atoms with Crippen LogP contribution in [0.2, 0.25) is 0 Å². The van der Waals surface area contributed by atoms with Crippen LogP contribution < -0.4 is 0 Å². The molecule has 2 saturated carbocycles. The van der Waals surface area contributed by atoms with Crippen molar-refractivity contribution in [3.8, 4) is 0 Å². The van der Waals surface area contributed by atoms with E-state index in [0.717, 1.165) is 12.3 Å². The molecule has 5 atom stereocenters. The molecule has 0 aromatic carbocycles. The van der Waals surface area contributed by atoms with Crippen LogP contribution in [-0.2, 0) is 0 Å². The number of fused-ring (bicyclic) bond motifs is 1. The van der Waals surface area contributed by atoms with Crippen LogP contribution in [0.25, 0.3) is 0 Å². The molecule has 1 heteroatoms. The van der Waals surface area contributed by atoms with Gasteiger partial charge < -0.3 is 5.11 Å².